The van der Waals surface area contributed by atoms with E-state index in [2.05, 4.69) is 45.0 Å². The van der Waals surface area contributed by atoms with Crippen molar-refractivity contribution in [3.05, 3.63) is 71.0 Å². The first-order valence-electron chi connectivity index (χ1n) is 10.2. The summed E-state index contributed by atoms with van der Waals surface area (Å²) < 4.78 is 12.8. The number of halogens is 1. The Morgan fingerprint density at radius 1 is 1.16 bits per heavy atom. The minimum absolute atomic E-state index is 0.524. The zero-order valence-corrected chi connectivity index (χ0v) is 18.8. The van der Waals surface area contributed by atoms with Crippen molar-refractivity contribution in [2.24, 2.45) is 4.99 Å². The Balaban J connectivity index is 1.50. The minimum Gasteiger partial charge on any atom is -0.493 e. The Labute approximate surface area is 188 Å². The average Bonchev–Trinajstić information content (AvgIpc) is 3.33. The molecule has 0 unspecified atom stereocenters. The number of rotatable bonds is 9. The first kappa shape index (κ1) is 22.5. The quantitative estimate of drug-likeness (QED) is 0.390. The molecular weight excluding hydrogens is 414 g/mol. The van der Waals surface area contributed by atoms with Gasteiger partial charge in [-0.2, -0.15) is 5.10 Å². The van der Waals surface area contributed by atoms with Gasteiger partial charge in [-0.3, -0.25) is 4.99 Å². The number of ether oxygens (including phenoxy) is 2. The second kappa shape index (κ2) is 11.3. The van der Waals surface area contributed by atoms with E-state index in [9.17, 15) is 0 Å². The molecule has 0 amide bonds. The van der Waals surface area contributed by atoms with E-state index in [0.717, 1.165) is 30.2 Å². The maximum absolute atomic E-state index is 6.35. The van der Waals surface area contributed by atoms with Crippen molar-refractivity contribution < 1.29 is 9.47 Å². The van der Waals surface area contributed by atoms with Gasteiger partial charge >= 0.3 is 0 Å². The fourth-order valence-corrected chi connectivity index (χ4v) is 3.42. The van der Waals surface area contributed by atoms with Gasteiger partial charge < -0.3 is 20.1 Å². The number of aliphatic imine (C=N–C) groups is 1. The monoisotopic (exact) mass is 441 g/mol. The van der Waals surface area contributed by atoms with Crippen LogP contribution in [0.15, 0.2) is 59.9 Å². The van der Waals surface area contributed by atoms with Crippen molar-refractivity contribution in [1.29, 1.82) is 0 Å². The molecule has 3 rings (SSSR count). The third-order valence-corrected chi connectivity index (χ3v) is 4.95. The predicted octanol–water partition coefficient (Wildman–Crippen LogP) is 3.84. The van der Waals surface area contributed by atoms with Crippen LogP contribution in [-0.2, 0) is 13.0 Å². The summed E-state index contributed by atoms with van der Waals surface area (Å²) >= 11 is 6.35. The molecule has 0 aliphatic rings. The van der Waals surface area contributed by atoms with Crippen LogP contribution >= 0.6 is 11.6 Å². The Morgan fingerprint density at radius 2 is 1.97 bits per heavy atom. The van der Waals surface area contributed by atoms with Crippen LogP contribution in [0.3, 0.4) is 0 Å². The molecule has 2 aromatic carbocycles. The first-order chi connectivity index (χ1) is 15.1. The van der Waals surface area contributed by atoms with Crippen LogP contribution in [0, 0.1) is 0 Å². The molecule has 0 saturated carbocycles. The van der Waals surface area contributed by atoms with Crippen LogP contribution in [0.5, 0.6) is 11.5 Å². The van der Waals surface area contributed by atoms with Crippen LogP contribution < -0.4 is 20.1 Å². The number of hydrogen-bond acceptors (Lipinski definition) is 4. The highest BCUT2D eigenvalue weighted by atomic mass is 35.5. The number of aromatic nitrogens is 2. The summed E-state index contributed by atoms with van der Waals surface area (Å²) in [6.45, 7) is 3.75. The van der Waals surface area contributed by atoms with Crippen molar-refractivity contribution in [3.63, 3.8) is 0 Å². The predicted molar refractivity (Wildman–Crippen MR) is 125 cm³/mol. The standard InChI is InChI=1S/C23H28ClN5O2/c1-4-31-22-20(24)14-18(15-21(22)30-3)16-27-23(25-2)26-12-10-17-6-8-19(9-7-17)29-13-5-11-28-29/h5-9,11,13-15H,4,10,12,16H2,1-3H3,(H2,25,26,27). The molecule has 8 heteroatoms. The van der Waals surface area contributed by atoms with E-state index in [0.29, 0.717) is 29.7 Å². The van der Waals surface area contributed by atoms with E-state index in [1.54, 1.807) is 20.4 Å². The van der Waals surface area contributed by atoms with Crippen molar-refractivity contribution in [2.75, 3.05) is 27.3 Å². The van der Waals surface area contributed by atoms with E-state index < -0.39 is 0 Å². The number of methoxy groups -OCH3 is 1. The fraction of sp³-hybridized carbons (Fsp3) is 0.304. The largest absolute Gasteiger partial charge is 0.493 e. The third kappa shape index (κ3) is 6.15. The van der Waals surface area contributed by atoms with Crippen LogP contribution in [0.25, 0.3) is 5.69 Å². The number of nitrogens with zero attached hydrogens (tertiary/aromatic N) is 3. The molecule has 1 aromatic heterocycles. The van der Waals surface area contributed by atoms with Crippen molar-refractivity contribution in [1.82, 2.24) is 20.4 Å². The molecule has 31 heavy (non-hydrogen) atoms. The highest BCUT2D eigenvalue weighted by Gasteiger charge is 2.12. The Morgan fingerprint density at radius 3 is 2.61 bits per heavy atom. The summed E-state index contributed by atoms with van der Waals surface area (Å²) in [7, 11) is 3.35. The number of guanidine groups is 1. The van der Waals surface area contributed by atoms with Gasteiger partial charge in [0.2, 0.25) is 0 Å². The maximum Gasteiger partial charge on any atom is 0.191 e. The van der Waals surface area contributed by atoms with Gasteiger partial charge in [-0.15, -0.1) is 0 Å². The van der Waals surface area contributed by atoms with E-state index in [-0.39, 0.29) is 0 Å². The SMILES string of the molecule is CCOc1c(Cl)cc(CNC(=NC)NCCc2ccc(-n3cccn3)cc2)cc1OC. The molecule has 0 saturated heterocycles. The van der Waals surface area contributed by atoms with Crippen molar-refractivity contribution >= 4 is 17.6 Å². The fourth-order valence-electron chi connectivity index (χ4n) is 3.13. The lowest BCUT2D eigenvalue weighted by atomic mass is 10.1. The molecule has 0 spiro atoms. The van der Waals surface area contributed by atoms with Gasteiger partial charge in [0, 0.05) is 32.5 Å². The molecule has 1 heterocycles. The minimum atomic E-state index is 0.524. The number of hydrogen-bond donors (Lipinski definition) is 2. The Kier molecular flexibility index (Phi) is 8.18. The van der Waals surface area contributed by atoms with Crippen LogP contribution in [0.1, 0.15) is 18.1 Å². The van der Waals surface area contributed by atoms with Gasteiger partial charge in [0.15, 0.2) is 17.5 Å². The van der Waals surface area contributed by atoms with Crippen LogP contribution in [0.2, 0.25) is 5.02 Å². The second-order valence-electron chi connectivity index (χ2n) is 6.76. The molecule has 7 nitrogen and oxygen atoms in total. The topological polar surface area (TPSA) is 72.7 Å². The van der Waals surface area contributed by atoms with E-state index in [4.69, 9.17) is 21.1 Å². The van der Waals surface area contributed by atoms with Crippen molar-refractivity contribution in [2.45, 2.75) is 19.9 Å². The summed E-state index contributed by atoms with van der Waals surface area (Å²) in [4.78, 5) is 4.29. The molecule has 0 fully saturated rings. The molecule has 0 bridgehead atoms. The van der Waals surface area contributed by atoms with Crippen LogP contribution in [-0.4, -0.2) is 43.0 Å². The molecule has 164 valence electrons. The summed E-state index contributed by atoms with van der Waals surface area (Å²) in [5.74, 6) is 1.90. The van der Waals surface area contributed by atoms with Gasteiger partial charge in [-0.25, -0.2) is 4.68 Å². The van der Waals surface area contributed by atoms with Gasteiger partial charge in [-0.1, -0.05) is 23.7 Å². The first-order valence-corrected chi connectivity index (χ1v) is 10.5. The Bertz CT molecular complexity index is 988. The lowest BCUT2D eigenvalue weighted by molar-refractivity contribution is 0.311. The maximum atomic E-state index is 6.35. The molecule has 2 N–H and O–H groups in total. The smallest absolute Gasteiger partial charge is 0.191 e. The zero-order valence-electron chi connectivity index (χ0n) is 18.1. The molecule has 0 atom stereocenters. The van der Waals surface area contributed by atoms with Crippen LogP contribution in [0.4, 0.5) is 0 Å². The number of nitrogens with one attached hydrogen (secondary N) is 2. The van der Waals surface area contributed by atoms with Crippen molar-refractivity contribution in [3.8, 4) is 17.2 Å². The number of benzene rings is 2. The third-order valence-electron chi connectivity index (χ3n) is 4.67. The van der Waals surface area contributed by atoms with E-state index in [1.165, 1.54) is 5.56 Å². The highest BCUT2D eigenvalue weighted by molar-refractivity contribution is 6.32. The normalized spacial score (nSPS) is 11.3. The molecule has 0 radical (unpaired) electrons. The summed E-state index contributed by atoms with van der Waals surface area (Å²) in [6.07, 6.45) is 4.58. The highest BCUT2D eigenvalue weighted by Crippen LogP contribution is 2.36. The lowest BCUT2D eigenvalue weighted by Crippen LogP contribution is -2.37. The summed E-state index contributed by atoms with van der Waals surface area (Å²) in [5, 5.41) is 11.4. The van der Waals surface area contributed by atoms with Gasteiger partial charge in [0.25, 0.3) is 0 Å². The van der Waals surface area contributed by atoms with Gasteiger partial charge in [0.1, 0.15) is 0 Å². The molecule has 3 aromatic rings. The Hall–Kier alpha value is -3.19. The average molecular weight is 442 g/mol. The summed E-state index contributed by atoms with van der Waals surface area (Å²) in [6, 6.07) is 14.1. The molecular formula is C23H28ClN5O2. The molecule has 0 aliphatic carbocycles. The second-order valence-corrected chi connectivity index (χ2v) is 7.17. The molecule has 0 aliphatic heterocycles. The summed E-state index contributed by atoms with van der Waals surface area (Å²) in [5.41, 5.74) is 3.26. The van der Waals surface area contributed by atoms with E-state index in [1.807, 2.05) is 36.0 Å². The van der Waals surface area contributed by atoms with Gasteiger partial charge in [-0.05, 0) is 54.8 Å². The van der Waals surface area contributed by atoms with E-state index >= 15 is 0 Å². The van der Waals surface area contributed by atoms with Gasteiger partial charge in [0.05, 0.1) is 24.4 Å². The lowest BCUT2D eigenvalue weighted by Gasteiger charge is -2.15. The zero-order chi connectivity index (χ0) is 22.1.